The lowest BCUT2D eigenvalue weighted by Gasteiger charge is -2.13. The number of amides is 1. The molecule has 0 spiro atoms. The van der Waals surface area contributed by atoms with E-state index in [4.69, 9.17) is 21.8 Å². The number of hydrazine groups is 1. The van der Waals surface area contributed by atoms with E-state index < -0.39 is 11.7 Å². The van der Waals surface area contributed by atoms with Gasteiger partial charge in [-0.2, -0.15) is 0 Å². The zero-order chi connectivity index (χ0) is 17.8. The Labute approximate surface area is 146 Å². The first-order valence-corrected chi connectivity index (χ1v) is 7.35. The number of aromatic nitrogens is 2. The van der Waals surface area contributed by atoms with Crippen LogP contribution in [0.3, 0.4) is 0 Å². The lowest BCUT2D eigenvalue weighted by atomic mass is 10.3. The molecule has 8 nitrogen and oxygen atoms in total. The number of carbonyl (C=O) groups excluding carboxylic acids is 1. The first-order chi connectivity index (χ1) is 12.0. The van der Waals surface area contributed by atoms with Crippen LogP contribution in [-0.2, 0) is 0 Å². The van der Waals surface area contributed by atoms with Gasteiger partial charge in [0, 0.05) is 5.69 Å². The van der Waals surface area contributed by atoms with Crippen molar-refractivity contribution in [2.24, 2.45) is 0 Å². The maximum absolute atomic E-state index is 13.2. The van der Waals surface area contributed by atoms with Crippen molar-refractivity contribution in [3.05, 3.63) is 59.5 Å². The van der Waals surface area contributed by atoms with Gasteiger partial charge in [-0.15, -0.1) is 0 Å². The van der Waals surface area contributed by atoms with Crippen molar-refractivity contribution < 1.29 is 13.6 Å². The number of nitrogens with one attached hydrogen (secondary N) is 3. The second-order valence-corrected chi connectivity index (χ2v) is 5.20. The first kappa shape index (κ1) is 16.5. The van der Waals surface area contributed by atoms with Crippen LogP contribution in [0.2, 0.25) is 5.02 Å². The van der Waals surface area contributed by atoms with Crippen LogP contribution in [0.15, 0.2) is 47.3 Å². The van der Waals surface area contributed by atoms with Crippen LogP contribution in [0.5, 0.6) is 0 Å². The van der Waals surface area contributed by atoms with Crippen molar-refractivity contribution in [2.75, 3.05) is 16.5 Å². The van der Waals surface area contributed by atoms with Gasteiger partial charge in [0.2, 0.25) is 0 Å². The fourth-order valence-corrected chi connectivity index (χ4v) is 2.07. The number of anilines is 4. The Morgan fingerprint density at radius 2 is 2.04 bits per heavy atom. The second-order valence-electron chi connectivity index (χ2n) is 4.79. The van der Waals surface area contributed by atoms with Gasteiger partial charge >= 0.3 is 5.91 Å². The maximum Gasteiger partial charge on any atom is 0.305 e. The maximum atomic E-state index is 13.2. The number of nitrogen functional groups attached to an aromatic ring is 1. The van der Waals surface area contributed by atoms with Gasteiger partial charge in [0.25, 0.3) is 0 Å². The van der Waals surface area contributed by atoms with E-state index in [1.54, 1.807) is 6.07 Å². The zero-order valence-electron chi connectivity index (χ0n) is 12.6. The van der Waals surface area contributed by atoms with Gasteiger partial charge in [-0.05, 0) is 30.3 Å². The Morgan fingerprint density at radius 1 is 1.24 bits per heavy atom. The van der Waals surface area contributed by atoms with Gasteiger partial charge < -0.3 is 15.5 Å². The van der Waals surface area contributed by atoms with E-state index in [9.17, 15) is 9.18 Å². The zero-order valence-corrected chi connectivity index (χ0v) is 13.3. The van der Waals surface area contributed by atoms with E-state index in [0.29, 0.717) is 5.69 Å². The van der Waals surface area contributed by atoms with E-state index in [1.165, 1.54) is 36.9 Å². The van der Waals surface area contributed by atoms with Crippen molar-refractivity contribution in [1.29, 1.82) is 0 Å². The van der Waals surface area contributed by atoms with E-state index in [2.05, 4.69) is 26.1 Å². The quantitative estimate of drug-likeness (QED) is 0.515. The van der Waals surface area contributed by atoms with Gasteiger partial charge in [-0.3, -0.25) is 15.6 Å². The van der Waals surface area contributed by atoms with Crippen LogP contribution in [0.4, 0.5) is 27.4 Å². The average Bonchev–Trinajstić information content (AvgIpc) is 3.13. The van der Waals surface area contributed by atoms with Crippen molar-refractivity contribution in [3.8, 4) is 0 Å². The number of hydrogen-bond acceptors (Lipinski definition) is 7. The van der Waals surface area contributed by atoms with Gasteiger partial charge in [0.1, 0.15) is 17.8 Å². The standard InChI is InChI=1S/C15H12ClFN6O2/c16-9-6-8(3-4-10(9)17)21-13-12(18)14(20-7-19-13)22-23-15(24)11-2-1-5-25-11/h1-7H,18H2,(H,23,24)(H2,19,20,21,22). The fourth-order valence-electron chi connectivity index (χ4n) is 1.89. The molecule has 1 amide bonds. The topological polar surface area (TPSA) is 118 Å². The molecule has 2 heterocycles. The molecule has 3 rings (SSSR count). The van der Waals surface area contributed by atoms with Crippen LogP contribution in [0.1, 0.15) is 10.6 Å². The van der Waals surface area contributed by atoms with Gasteiger partial charge in [-0.25, -0.2) is 14.4 Å². The summed E-state index contributed by atoms with van der Waals surface area (Å²) in [6.07, 6.45) is 2.62. The van der Waals surface area contributed by atoms with E-state index in [-0.39, 0.29) is 28.1 Å². The molecule has 10 heteroatoms. The van der Waals surface area contributed by atoms with E-state index >= 15 is 0 Å². The van der Waals surface area contributed by atoms with Gasteiger partial charge in [0.05, 0.1) is 11.3 Å². The highest BCUT2D eigenvalue weighted by Gasteiger charge is 2.12. The molecule has 25 heavy (non-hydrogen) atoms. The second kappa shape index (κ2) is 7.05. The van der Waals surface area contributed by atoms with Crippen LogP contribution in [-0.4, -0.2) is 15.9 Å². The molecule has 5 N–H and O–H groups in total. The van der Waals surface area contributed by atoms with Gasteiger partial charge in [0.15, 0.2) is 17.4 Å². The van der Waals surface area contributed by atoms with Crippen LogP contribution < -0.4 is 21.9 Å². The summed E-state index contributed by atoms with van der Waals surface area (Å²) in [7, 11) is 0. The minimum atomic E-state index is -0.536. The summed E-state index contributed by atoms with van der Waals surface area (Å²) in [6, 6.07) is 7.18. The smallest absolute Gasteiger partial charge is 0.305 e. The number of carbonyl (C=O) groups is 1. The van der Waals surface area contributed by atoms with E-state index in [0.717, 1.165) is 0 Å². The minimum absolute atomic E-state index is 0.0401. The number of halogens is 2. The average molecular weight is 363 g/mol. The Morgan fingerprint density at radius 3 is 2.76 bits per heavy atom. The number of nitrogens with two attached hydrogens (primary N) is 1. The minimum Gasteiger partial charge on any atom is -0.459 e. The number of benzene rings is 1. The van der Waals surface area contributed by atoms with Crippen molar-refractivity contribution >= 4 is 40.5 Å². The van der Waals surface area contributed by atoms with Crippen LogP contribution >= 0.6 is 11.6 Å². The molecule has 0 atom stereocenters. The monoisotopic (exact) mass is 362 g/mol. The molecular weight excluding hydrogens is 351 g/mol. The van der Waals surface area contributed by atoms with Crippen molar-refractivity contribution in [1.82, 2.24) is 15.4 Å². The molecule has 0 bridgehead atoms. The molecule has 3 aromatic rings. The Hall–Kier alpha value is -3.33. The van der Waals surface area contributed by atoms with Crippen molar-refractivity contribution in [2.45, 2.75) is 0 Å². The molecule has 2 aromatic heterocycles. The molecule has 0 aliphatic rings. The number of furan rings is 1. The number of rotatable bonds is 5. The van der Waals surface area contributed by atoms with Gasteiger partial charge in [-0.1, -0.05) is 11.6 Å². The molecule has 0 unspecified atom stereocenters. The largest absolute Gasteiger partial charge is 0.459 e. The summed E-state index contributed by atoms with van der Waals surface area (Å²) in [5, 5.41) is 2.86. The highest BCUT2D eigenvalue weighted by Crippen LogP contribution is 2.27. The third-order valence-electron chi connectivity index (χ3n) is 3.11. The number of hydrogen-bond donors (Lipinski definition) is 4. The predicted molar refractivity (Wildman–Crippen MR) is 90.9 cm³/mol. The lowest BCUT2D eigenvalue weighted by molar-refractivity contribution is 0.0935. The van der Waals surface area contributed by atoms with Crippen LogP contribution in [0, 0.1) is 5.82 Å². The molecule has 0 saturated heterocycles. The summed E-state index contributed by atoms with van der Waals surface area (Å²) in [5.41, 5.74) is 11.6. The molecule has 0 aliphatic heterocycles. The summed E-state index contributed by atoms with van der Waals surface area (Å²) >= 11 is 5.74. The highest BCUT2D eigenvalue weighted by molar-refractivity contribution is 6.31. The molecular formula is C15H12ClFN6O2. The first-order valence-electron chi connectivity index (χ1n) is 6.97. The highest BCUT2D eigenvalue weighted by atomic mass is 35.5. The predicted octanol–water partition coefficient (Wildman–Crippen LogP) is 2.94. The van der Waals surface area contributed by atoms with Crippen molar-refractivity contribution in [3.63, 3.8) is 0 Å². The SMILES string of the molecule is Nc1c(NNC(=O)c2ccco2)ncnc1Nc1ccc(F)c(Cl)c1. The molecule has 0 fully saturated rings. The summed E-state index contributed by atoms with van der Waals surface area (Å²) in [4.78, 5) is 19.8. The third kappa shape index (κ3) is 3.78. The summed E-state index contributed by atoms with van der Waals surface area (Å²) in [5.74, 6) is -0.480. The summed E-state index contributed by atoms with van der Waals surface area (Å²) in [6.45, 7) is 0. The van der Waals surface area contributed by atoms with E-state index in [1.807, 2.05) is 0 Å². The molecule has 0 aliphatic carbocycles. The summed E-state index contributed by atoms with van der Waals surface area (Å²) < 4.78 is 18.2. The number of nitrogens with zero attached hydrogens (tertiary/aromatic N) is 2. The Kier molecular flexibility index (Phi) is 4.66. The Bertz CT molecular complexity index is 903. The molecule has 1 aromatic carbocycles. The Balaban J connectivity index is 1.73. The molecule has 0 saturated carbocycles. The molecule has 0 radical (unpaired) electrons. The molecule has 128 valence electrons. The lowest BCUT2D eigenvalue weighted by Crippen LogP contribution is -2.30. The third-order valence-corrected chi connectivity index (χ3v) is 3.40. The van der Waals surface area contributed by atoms with Crippen LogP contribution in [0.25, 0.3) is 0 Å². The fraction of sp³-hybridized carbons (Fsp3) is 0. The normalized spacial score (nSPS) is 10.3.